The zero-order chi connectivity index (χ0) is 19.5. The first-order chi connectivity index (χ1) is 13.6. The van der Waals surface area contributed by atoms with Crippen molar-refractivity contribution in [3.63, 3.8) is 0 Å². The third-order valence-corrected chi connectivity index (χ3v) is 5.63. The van der Waals surface area contributed by atoms with Gasteiger partial charge in [-0.15, -0.1) is 0 Å². The normalized spacial score (nSPS) is 16.9. The van der Waals surface area contributed by atoms with Crippen molar-refractivity contribution in [1.29, 1.82) is 0 Å². The van der Waals surface area contributed by atoms with Crippen molar-refractivity contribution in [3.8, 4) is 0 Å². The van der Waals surface area contributed by atoms with Gasteiger partial charge in [-0.3, -0.25) is 19.3 Å². The van der Waals surface area contributed by atoms with E-state index in [2.05, 4.69) is 5.32 Å². The van der Waals surface area contributed by atoms with Gasteiger partial charge in [-0.05, 0) is 43.0 Å². The van der Waals surface area contributed by atoms with Gasteiger partial charge in [-0.1, -0.05) is 49.6 Å². The number of aryl methyl sites for hydroxylation is 1. The molecule has 1 heterocycles. The molecule has 2 aromatic rings. The Labute approximate surface area is 164 Å². The van der Waals surface area contributed by atoms with Crippen LogP contribution in [0.3, 0.4) is 0 Å². The Bertz CT molecular complexity index is 901. The van der Waals surface area contributed by atoms with Crippen LogP contribution in [0.5, 0.6) is 0 Å². The largest absolute Gasteiger partial charge is 0.326 e. The molecule has 1 aliphatic heterocycles. The molecule has 144 valence electrons. The van der Waals surface area contributed by atoms with E-state index >= 15 is 0 Å². The third-order valence-electron chi connectivity index (χ3n) is 5.63. The molecule has 28 heavy (non-hydrogen) atoms. The average Bonchev–Trinajstić information content (AvgIpc) is 2.98. The van der Waals surface area contributed by atoms with Gasteiger partial charge in [0.2, 0.25) is 5.91 Å². The molecule has 0 atom stereocenters. The fraction of sp³-hybridized carbons (Fsp3) is 0.348. The maximum atomic E-state index is 12.8. The van der Waals surface area contributed by atoms with Crippen LogP contribution in [0.15, 0.2) is 48.5 Å². The highest BCUT2D eigenvalue weighted by atomic mass is 16.2. The smallest absolute Gasteiger partial charge is 0.261 e. The summed E-state index contributed by atoms with van der Waals surface area (Å²) in [7, 11) is 0. The molecule has 1 saturated carbocycles. The van der Waals surface area contributed by atoms with E-state index in [1.807, 2.05) is 30.3 Å². The summed E-state index contributed by atoms with van der Waals surface area (Å²) in [5.74, 6) is -0.536. The van der Waals surface area contributed by atoms with Crippen molar-refractivity contribution in [3.05, 3.63) is 65.2 Å². The summed E-state index contributed by atoms with van der Waals surface area (Å²) in [5, 5.41) is 2.85. The second-order valence-corrected chi connectivity index (χ2v) is 7.57. The summed E-state index contributed by atoms with van der Waals surface area (Å²) < 4.78 is 0. The maximum absolute atomic E-state index is 12.8. The molecule has 4 rings (SSSR count). The van der Waals surface area contributed by atoms with Gasteiger partial charge in [0.25, 0.3) is 11.8 Å². The van der Waals surface area contributed by atoms with Gasteiger partial charge < -0.3 is 5.32 Å². The minimum absolute atomic E-state index is 0.00469. The van der Waals surface area contributed by atoms with E-state index in [-0.39, 0.29) is 23.8 Å². The predicted molar refractivity (Wildman–Crippen MR) is 107 cm³/mol. The molecule has 1 N–H and O–H groups in total. The van der Waals surface area contributed by atoms with E-state index in [4.69, 9.17) is 0 Å². The zero-order valence-electron chi connectivity index (χ0n) is 15.8. The number of carbonyl (C=O) groups is 3. The van der Waals surface area contributed by atoms with Crippen LogP contribution >= 0.6 is 0 Å². The molecule has 2 aromatic carbocycles. The lowest BCUT2D eigenvalue weighted by Gasteiger charge is -2.29. The first kappa shape index (κ1) is 18.4. The molecule has 5 heteroatoms. The van der Waals surface area contributed by atoms with E-state index in [1.54, 1.807) is 18.2 Å². The lowest BCUT2D eigenvalue weighted by atomic mass is 9.94. The number of benzene rings is 2. The molecule has 0 radical (unpaired) electrons. The predicted octanol–water partition coefficient (Wildman–Crippen LogP) is 4.19. The van der Waals surface area contributed by atoms with Crippen LogP contribution in [0, 0.1) is 0 Å². The Morgan fingerprint density at radius 2 is 1.64 bits per heavy atom. The molecule has 0 spiro atoms. The lowest BCUT2D eigenvalue weighted by Crippen LogP contribution is -2.40. The molecule has 0 aromatic heterocycles. The molecule has 3 amide bonds. The fourth-order valence-corrected chi connectivity index (χ4v) is 4.13. The highest BCUT2D eigenvalue weighted by molar-refractivity contribution is 6.22. The number of nitrogens with zero attached hydrogens (tertiary/aromatic N) is 1. The monoisotopic (exact) mass is 376 g/mol. The second kappa shape index (κ2) is 7.97. The van der Waals surface area contributed by atoms with Crippen LogP contribution in [0.25, 0.3) is 0 Å². The van der Waals surface area contributed by atoms with Gasteiger partial charge >= 0.3 is 0 Å². The summed E-state index contributed by atoms with van der Waals surface area (Å²) in [6.07, 6.45) is 6.07. The average molecular weight is 376 g/mol. The number of carbonyl (C=O) groups excluding carboxylic acids is 3. The van der Waals surface area contributed by atoms with Gasteiger partial charge in [0.05, 0.1) is 11.1 Å². The van der Waals surface area contributed by atoms with E-state index in [1.165, 1.54) is 11.3 Å². The number of imide groups is 1. The highest BCUT2D eigenvalue weighted by Crippen LogP contribution is 2.32. The molecule has 1 aliphatic carbocycles. The Hall–Kier alpha value is -2.95. The van der Waals surface area contributed by atoms with Crippen molar-refractivity contribution in [2.75, 3.05) is 5.32 Å². The van der Waals surface area contributed by atoms with E-state index in [9.17, 15) is 14.4 Å². The SMILES string of the molecule is O=C(CCc1ccccc1)Nc1ccc2c(c1)C(=O)N(C1CCCCC1)C2=O. The van der Waals surface area contributed by atoms with Crippen LogP contribution in [0.2, 0.25) is 0 Å². The molecule has 0 bridgehead atoms. The van der Waals surface area contributed by atoms with Crippen molar-refractivity contribution in [1.82, 2.24) is 4.90 Å². The van der Waals surface area contributed by atoms with Crippen LogP contribution in [-0.2, 0) is 11.2 Å². The third kappa shape index (κ3) is 3.70. The second-order valence-electron chi connectivity index (χ2n) is 7.57. The Balaban J connectivity index is 1.43. The molecule has 1 fully saturated rings. The Kier molecular flexibility index (Phi) is 5.24. The number of rotatable bonds is 5. The number of hydrogen-bond acceptors (Lipinski definition) is 3. The van der Waals surface area contributed by atoms with Gasteiger partial charge in [0.15, 0.2) is 0 Å². The summed E-state index contributed by atoms with van der Waals surface area (Å²) in [6, 6.07) is 14.8. The van der Waals surface area contributed by atoms with Crippen molar-refractivity contribution in [2.45, 2.75) is 51.0 Å². The number of anilines is 1. The van der Waals surface area contributed by atoms with Gasteiger partial charge in [-0.25, -0.2) is 0 Å². The Morgan fingerprint density at radius 3 is 2.39 bits per heavy atom. The van der Waals surface area contributed by atoms with Crippen LogP contribution in [0.4, 0.5) is 5.69 Å². The molecular weight excluding hydrogens is 352 g/mol. The van der Waals surface area contributed by atoms with Gasteiger partial charge in [0, 0.05) is 18.2 Å². The summed E-state index contributed by atoms with van der Waals surface area (Å²) in [5.41, 5.74) is 2.51. The van der Waals surface area contributed by atoms with Crippen molar-refractivity contribution in [2.24, 2.45) is 0 Å². The topological polar surface area (TPSA) is 66.5 Å². The van der Waals surface area contributed by atoms with Crippen LogP contribution in [0.1, 0.15) is 64.8 Å². The lowest BCUT2D eigenvalue weighted by molar-refractivity contribution is -0.116. The van der Waals surface area contributed by atoms with E-state index in [0.29, 0.717) is 29.7 Å². The molecular formula is C23H24N2O3. The van der Waals surface area contributed by atoms with Crippen molar-refractivity contribution < 1.29 is 14.4 Å². The standard InChI is InChI=1S/C23H24N2O3/c26-21(14-11-16-7-3-1-4-8-16)24-17-12-13-19-20(15-17)23(28)25(22(19)27)18-9-5-2-6-10-18/h1,3-4,7-8,12-13,15,18H,2,5-6,9-11,14H2,(H,24,26). The summed E-state index contributed by atoms with van der Waals surface area (Å²) in [6.45, 7) is 0. The first-order valence-electron chi connectivity index (χ1n) is 9.99. The van der Waals surface area contributed by atoms with Crippen LogP contribution in [-0.4, -0.2) is 28.7 Å². The van der Waals surface area contributed by atoms with Crippen LogP contribution < -0.4 is 5.32 Å². The maximum Gasteiger partial charge on any atom is 0.261 e. The highest BCUT2D eigenvalue weighted by Gasteiger charge is 2.40. The summed E-state index contributed by atoms with van der Waals surface area (Å²) >= 11 is 0. The first-order valence-corrected chi connectivity index (χ1v) is 9.99. The van der Waals surface area contributed by atoms with Crippen molar-refractivity contribution >= 4 is 23.4 Å². The number of fused-ring (bicyclic) bond motifs is 1. The molecule has 0 saturated heterocycles. The Morgan fingerprint density at radius 1 is 0.929 bits per heavy atom. The number of amides is 3. The van der Waals surface area contributed by atoms with E-state index in [0.717, 1.165) is 31.2 Å². The summed E-state index contributed by atoms with van der Waals surface area (Å²) in [4.78, 5) is 39.3. The number of nitrogens with one attached hydrogen (secondary N) is 1. The minimum atomic E-state index is -0.229. The fourth-order valence-electron chi connectivity index (χ4n) is 4.13. The van der Waals surface area contributed by atoms with E-state index < -0.39 is 0 Å². The molecule has 5 nitrogen and oxygen atoms in total. The van der Waals surface area contributed by atoms with Gasteiger partial charge in [0.1, 0.15) is 0 Å². The zero-order valence-corrected chi connectivity index (χ0v) is 15.8. The molecule has 2 aliphatic rings. The van der Waals surface area contributed by atoms with Gasteiger partial charge in [-0.2, -0.15) is 0 Å². The number of hydrogen-bond donors (Lipinski definition) is 1. The molecule has 0 unspecified atom stereocenters. The quantitative estimate of drug-likeness (QED) is 0.796. The minimum Gasteiger partial charge on any atom is -0.326 e.